The van der Waals surface area contributed by atoms with Crippen LogP contribution in [0.15, 0.2) is 0 Å². The van der Waals surface area contributed by atoms with E-state index in [0.29, 0.717) is 0 Å². The molecule has 0 aromatic carbocycles. The smallest absolute Gasteiger partial charge is 0.0545 e. The Kier molecular flexibility index (Phi) is 12.4. The highest BCUT2D eigenvalue weighted by atomic mass is 32.2. The Morgan fingerprint density at radius 2 is 2.08 bits per heavy atom. The molecule has 0 heterocycles. The van der Waals surface area contributed by atoms with Gasteiger partial charge < -0.3 is 5.32 Å². The van der Waals surface area contributed by atoms with E-state index < -0.39 is 0 Å². The summed E-state index contributed by atoms with van der Waals surface area (Å²) in [7, 11) is 0. The van der Waals surface area contributed by atoms with Crippen molar-refractivity contribution in [2.45, 2.75) is 12.8 Å². The first-order valence-electron chi connectivity index (χ1n) is 4.62. The van der Waals surface area contributed by atoms with Crippen molar-refractivity contribution in [2.75, 3.05) is 36.6 Å². The van der Waals surface area contributed by atoms with Gasteiger partial charge in [-0.15, -0.1) is 18.2 Å². The van der Waals surface area contributed by atoms with Crippen molar-refractivity contribution in [3.8, 4) is 12.3 Å². The lowest BCUT2D eigenvalue weighted by Gasteiger charge is -2.02. The van der Waals surface area contributed by atoms with Crippen molar-refractivity contribution < 1.29 is 0 Å². The van der Waals surface area contributed by atoms with Crippen LogP contribution in [0.4, 0.5) is 0 Å². The van der Waals surface area contributed by atoms with Crippen LogP contribution in [0.3, 0.4) is 0 Å². The molecule has 0 aromatic rings. The summed E-state index contributed by atoms with van der Waals surface area (Å²) >= 11 is 3.74. The van der Waals surface area contributed by atoms with Gasteiger partial charge in [-0.25, -0.2) is 0 Å². The van der Waals surface area contributed by atoms with Gasteiger partial charge in [0, 0.05) is 12.3 Å². The number of nitrogens with one attached hydrogen (secondary N) is 1. The van der Waals surface area contributed by atoms with Gasteiger partial charge in [0.05, 0.1) is 5.75 Å². The molecular formula is C10H19NS2. The van der Waals surface area contributed by atoms with Crippen molar-refractivity contribution in [2.24, 2.45) is 0 Å². The molecule has 0 rings (SSSR count). The molecule has 0 aliphatic carbocycles. The van der Waals surface area contributed by atoms with Gasteiger partial charge >= 0.3 is 0 Å². The van der Waals surface area contributed by atoms with E-state index in [1.165, 1.54) is 18.6 Å². The topological polar surface area (TPSA) is 12.0 Å². The highest BCUT2D eigenvalue weighted by Crippen LogP contribution is 1.98. The van der Waals surface area contributed by atoms with Crippen LogP contribution in [-0.4, -0.2) is 36.6 Å². The average molecular weight is 217 g/mol. The second kappa shape index (κ2) is 12.2. The first-order chi connectivity index (χ1) is 6.41. The molecule has 0 amide bonds. The van der Waals surface area contributed by atoms with Gasteiger partial charge in [-0.1, -0.05) is 5.92 Å². The van der Waals surface area contributed by atoms with Crippen LogP contribution < -0.4 is 5.32 Å². The standard InChI is InChI=1S/C10H19NS2/c1-3-8-13-10-7-11-6-4-5-9-12-2/h1,11H,4-10H2,2H3. The van der Waals surface area contributed by atoms with Gasteiger partial charge in [-0.3, -0.25) is 0 Å². The Bertz CT molecular complexity index is 131. The third-order valence-electron chi connectivity index (χ3n) is 1.56. The molecule has 0 fully saturated rings. The first-order valence-corrected chi connectivity index (χ1v) is 7.17. The molecule has 76 valence electrons. The number of unbranched alkanes of at least 4 members (excludes halogenated alkanes) is 1. The second-order valence-electron chi connectivity index (χ2n) is 2.71. The minimum absolute atomic E-state index is 0.841. The molecule has 0 saturated heterocycles. The lowest BCUT2D eigenvalue weighted by Crippen LogP contribution is -2.18. The maximum absolute atomic E-state index is 5.13. The highest BCUT2D eigenvalue weighted by Gasteiger charge is 1.89. The number of terminal acetylenes is 1. The second-order valence-corrected chi connectivity index (χ2v) is 4.80. The molecule has 0 aliphatic heterocycles. The Hall–Kier alpha value is 0.220. The number of hydrogen-bond donors (Lipinski definition) is 1. The summed E-state index contributed by atoms with van der Waals surface area (Å²) in [5.74, 6) is 5.88. The maximum atomic E-state index is 5.13. The Morgan fingerprint density at radius 1 is 1.23 bits per heavy atom. The molecule has 3 heteroatoms. The van der Waals surface area contributed by atoms with Crippen LogP contribution in [-0.2, 0) is 0 Å². The fraction of sp³-hybridized carbons (Fsp3) is 0.800. The van der Waals surface area contributed by atoms with E-state index in [2.05, 4.69) is 17.5 Å². The van der Waals surface area contributed by atoms with Gasteiger partial charge in [-0.2, -0.15) is 11.8 Å². The molecule has 1 nitrogen and oxygen atoms in total. The SMILES string of the molecule is C#CCSCCNCCCCSC. The quantitative estimate of drug-likeness (QED) is 0.469. The monoisotopic (exact) mass is 217 g/mol. The fourth-order valence-electron chi connectivity index (χ4n) is 0.897. The third kappa shape index (κ3) is 12.2. The number of hydrogen-bond acceptors (Lipinski definition) is 3. The van der Waals surface area contributed by atoms with Crippen molar-refractivity contribution in [1.82, 2.24) is 5.32 Å². The van der Waals surface area contributed by atoms with Crippen molar-refractivity contribution in [3.63, 3.8) is 0 Å². The highest BCUT2D eigenvalue weighted by molar-refractivity contribution is 7.99. The van der Waals surface area contributed by atoms with Crippen LogP contribution >= 0.6 is 23.5 Å². The molecule has 13 heavy (non-hydrogen) atoms. The lowest BCUT2D eigenvalue weighted by molar-refractivity contribution is 0.669. The average Bonchev–Trinajstić information content (AvgIpc) is 2.16. The van der Waals surface area contributed by atoms with E-state index in [9.17, 15) is 0 Å². The van der Waals surface area contributed by atoms with Crippen molar-refractivity contribution in [3.05, 3.63) is 0 Å². The predicted octanol–water partition coefficient (Wildman–Crippen LogP) is 2.09. The summed E-state index contributed by atoms with van der Waals surface area (Å²) in [5.41, 5.74) is 0. The number of rotatable bonds is 9. The molecule has 0 aliphatic rings. The van der Waals surface area contributed by atoms with Crippen LogP contribution in [0.1, 0.15) is 12.8 Å². The van der Waals surface area contributed by atoms with Crippen LogP contribution in [0.2, 0.25) is 0 Å². The van der Waals surface area contributed by atoms with Crippen molar-refractivity contribution in [1.29, 1.82) is 0 Å². The maximum Gasteiger partial charge on any atom is 0.0545 e. The Morgan fingerprint density at radius 3 is 2.77 bits per heavy atom. The molecule has 0 atom stereocenters. The normalized spacial score (nSPS) is 9.85. The molecular weight excluding hydrogens is 198 g/mol. The number of thioether (sulfide) groups is 2. The zero-order chi connectivity index (χ0) is 9.78. The summed E-state index contributed by atoms with van der Waals surface area (Å²) in [6, 6.07) is 0. The van der Waals surface area contributed by atoms with E-state index in [1.54, 1.807) is 0 Å². The van der Waals surface area contributed by atoms with Crippen LogP contribution in [0.5, 0.6) is 0 Å². The zero-order valence-electron chi connectivity index (χ0n) is 8.34. The van der Waals surface area contributed by atoms with Gasteiger partial charge in [-0.05, 0) is 31.4 Å². The predicted molar refractivity (Wildman–Crippen MR) is 66.6 cm³/mol. The third-order valence-corrected chi connectivity index (χ3v) is 3.12. The van der Waals surface area contributed by atoms with Crippen LogP contribution in [0, 0.1) is 12.3 Å². The van der Waals surface area contributed by atoms with Crippen molar-refractivity contribution >= 4 is 23.5 Å². The van der Waals surface area contributed by atoms with E-state index in [-0.39, 0.29) is 0 Å². The lowest BCUT2D eigenvalue weighted by atomic mass is 10.3. The summed E-state index contributed by atoms with van der Waals surface area (Å²) in [6.45, 7) is 2.24. The molecule has 0 saturated carbocycles. The van der Waals surface area contributed by atoms with E-state index >= 15 is 0 Å². The Labute approximate surface area is 90.8 Å². The molecule has 0 radical (unpaired) electrons. The summed E-state index contributed by atoms with van der Waals surface area (Å²) in [4.78, 5) is 0. The zero-order valence-corrected chi connectivity index (χ0v) is 9.98. The largest absolute Gasteiger partial charge is 0.316 e. The summed E-state index contributed by atoms with van der Waals surface area (Å²) in [6.07, 6.45) is 9.90. The molecule has 0 bridgehead atoms. The molecule has 1 N–H and O–H groups in total. The molecule has 0 spiro atoms. The minimum atomic E-state index is 0.841. The van der Waals surface area contributed by atoms with Gasteiger partial charge in [0.2, 0.25) is 0 Å². The molecule has 0 aromatic heterocycles. The molecule has 0 unspecified atom stereocenters. The van der Waals surface area contributed by atoms with E-state index in [0.717, 1.165) is 24.6 Å². The fourth-order valence-corrected chi connectivity index (χ4v) is 1.94. The Balaban J connectivity index is 2.80. The summed E-state index contributed by atoms with van der Waals surface area (Å²) < 4.78 is 0. The van der Waals surface area contributed by atoms with Gasteiger partial charge in [0.15, 0.2) is 0 Å². The van der Waals surface area contributed by atoms with E-state index in [4.69, 9.17) is 6.42 Å². The first kappa shape index (κ1) is 13.2. The van der Waals surface area contributed by atoms with Crippen LogP contribution in [0.25, 0.3) is 0 Å². The van der Waals surface area contributed by atoms with E-state index in [1.807, 2.05) is 23.5 Å². The minimum Gasteiger partial charge on any atom is -0.316 e. The summed E-state index contributed by atoms with van der Waals surface area (Å²) in [5, 5.41) is 3.40. The van der Waals surface area contributed by atoms with Gasteiger partial charge in [0.1, 0.15) is 0 Å². The van der Waals surface area contributed by atoms with Gasteiger partial charge in [0.25, 0.3) is 0 Å².